The molecule has 106 valence electrons. The van der Waals surface area contributed by atoms with Crippen molar-refractivity contribution in [2.75, 3.05) is 6.54 Å². The van der Waals surface area contributed by atoms with Gasteiger partial charge in [-0.1, -0.05) is 30.3 Å². The Morgan fingerprint density at radius 1 is 1.40 bits per heavy atom. The normalized spacial score (nSPS) is 12.1. The number of aromatic nitrogens is 2. The predicted octanol–water partition coefficient (Wildman–Crippen LogP) is 1.26. The molecule has 0 radical (unpaired) electrons. The average Bonchev–Trinajstić information content (AvgIpc) is 2.88. The molecule has 0 unspecified atom stereocenters. The number of likely N-dealkylation sites (N-methyl/N-ethyl adjacent to an activating group) is 1. The number of carbonyl (C=O) groups is 1. The molecule has 0 aliphatic heterocycles. The SMILES string of the molecule is CCNC(=O)Cn1cncc1[C@H](N)Cc1ccccc1. The molecule has 1 heterocycles. The summed E-state index contributed by atoms with van der Waals surface area (Å²) in [5, 5.41) is 2.77. The Bertz CT molecular complexity index is 550. The van der Waals surface area contributed by atoms with Crippen molar-refractivity contribution in [1.82, 2.24) is 14.9 Å². The maximum Gasteiger partial charge on any atom is 0.239 e. The molecule has 0 saturated carbocycles. The molecular weight excluding hydrogens is 252 g/mol. The monoisotopic (exact) mass is 272 g/mol. The summed E-state index contributed by atoms with van der Waals surface area (Å²) in [6, 6.07) is 9.89. The van der Waals surface area contributed by atoms with E-state index in [1.165, 1.54) is 5.56 Å². The van der Waals surface area contributed by atoms with Crippen molar-refractivity contribution in [3.05, 3.63) is 54.1 Å². The number of amides is 1. The van der Waals surface area contributed by atoms with Crippen molar-refractivity contribution in [3.63, 3.8) is 0 Å². The number of nitrogens with one attached hydrogen (secondary N) is 1. The van der Waals surface area contributed by atoms with Gasteiger partial charge in [-0.2, -0.15) is 0 Å². The summed E-state index contributed by atoms with van der Waals surface area (Å²) in [7, 11) is 0. The highest BCUT2D eigenvalue weighted by Crippen LogP contribution is 2.15. The van der Waals surface area contributed by atoms with Crippen LogP contribution in [-0.4, -0.2) is 22.0 Å². The van der Waals surface area contributed by atoms with E-state index in [1.54, 1.807) is 17.1 Å². The van der Waals surface area contributed by atoms with Crippen LogP contribution in [0.1, 0.15) is 24.2 Å². The Morgan fingerprint density at radius 2 is 2.15 bits per heavy atom. The van der Waals surface area contributed by atoms with Crippen LogP contribution in [0.25, 0.3) is 0 Å². The fourth-order valence-corrected chi connectivity index (χ4v) is 2.15. The lowest BCUT2D eigenvalue weighted by atomic mass is 10.0. The first kappa shape index (κ1) is 14.3. The Hall–Kier alpha value is -2.14. The molecule has 0 fully saturated rings. The number of hydrogen-bond donors (Lipinski definition) is 2. The Labute approximate surface area is 118 Å². The van der Waals surface area contributed by atoms with Gasteiger partial charge in [-0.15, -0.1) is 0 Å². The van der Waals surface area contributed by atoms with Crippen LogP contribution in [0.3, 0.4) is 0 Å². The van der Waals surface area contributed by atoms with Crippen LogP contribution in [0.5, 0.6) is 0 Å². The fraction of sp³-hybridized carbons (Fsp3) is 0.333. The van der Waals surface area contributed by atoms with E-state index >= 15 is 0 Å². The highest BCUT2D eigenvalue weighted by Gasteiger charge is 2.14. The van der Waals surface area contributed by atoms with Crippen molar-refractivity contribution in [2.24, 2.45) is 5.73 Å². The average molecular weight is 272 g/mol. The minimum Gasteiger partial charge on any atom is -0.355 e. The number of benzene rings is 1. The second kappa shape index (κ2) is 6.86. The lowest BCUT2D eigenvalue weighted by Gasteiger charge is -2.14. The fourth-order valence-electron chi connectivity index (χ4n) is 2.15. The molecule has 0 bridgehead atoms. The minimum absolute atomic E-state index is 0.0290. The van der Waals surface area contributed by atoms with Gasteiger partial charge in [0.2, 0.25) is 5.91 Å². The minimum atomic E-state index is -0.172. The number of imidazole rings is 1. The van der Waals surface area contributed by atoms with Gasteiger partial charge in [0, 0.05) is 12.7 Å². The van der Waals surface area contributed by atoms with E-state index in [2.05, 4.69) is 10.3 Å². The molecule has 5 heteroatoms. The first-order valence-electron chi connectivity index (χ1n) is 6.77. The molecule has 2 rings (SSSR count). The maximum absolute atomic E-state index is 11.6. The van der Waals surface area contributed by atoms with Crippen LogP contribution >= 0.6 is 0 Å². The molecule has 1 aromatic carbocycles. The van der Waals surface area contributed by atoms with E-state index in [1.807, 2.05) is 37.3 Å². The maximum atomic E-state index is 11.6. The third-order valence-corrected chi connectivity index (χ3v) is 3.11. The van der Waals surface area contributed by atoms with Gasteiger partial charge in [0.15, 0.2) is 0 Å². The summed E-state index contributed by atoms with van der Waals surface area (Å²) in [6.07, 6.45) is 4.10. The van der Waals surface area contributed by atoms with Gasteiger partial charge >= 0.3 is 0 Å². The van der Waals surface area contributed by atoms with E-state index in [4.69, 9.17) is 5.73 Å². The van der Waals surface area contributed by atoms with E-state index in [0.29, 0.717) is 6.54 Å². The summed E-state index contributed by atoms with van der Waals surface area (Å²) in [5.74, 6) is -0.0290. The molecule has 1 aromatic heterocycles. The number of nitrogens with two attached hydrogens (primary N) is 1. The standard InChI is InChI=1S/C15H20N4O/c1-2-18-15(20)10-19-11-17-9-14(19)13(16)8-12-6-4-3-5-7-12/h3-7,9,11,13H,2,8,10,16H2,1H3,(H,18,20)/t13-/m1/s1. The third-order valence-electron chi connectivity index (χ3n) is 3.11. The molecule has 0 saturated heterocycles. The van der Waals surface area contributed by atoms with Crippen molar-refractivity contribution in [2.45, 2.75) is 25.9 Å². The van der Waals surface area contributed by atoms with E-state index in [0.717, 1.165) is 12.1 Å². The van der Waals surface area contributed by atoms with Crippen LogP contribution < -0.4 is 11.1 Å². The smallest absolute Gasteiger partial charge is 0.239 e. The first-order chi connectivity index (χ1) is 9.70. The Kier molecular flexibility index (Phi) is 4.90. The van der Waals surface area contributed by atoms with Gasteiger partial charge in [0.25, 0.3) is 0 Å². The summed E-state index contributed by atoms with van der Waals surface area (Å²) in [4.78, 5) is 15.7. The summed E-state index contributed by atoms with van der Waals surface area (Å²) in [5.41, 5.74) is 8.28. The zero-order chi connectivity index (χ0) is 14.4. The molecule has 2 aromatic rings. The molecule has 1 atom stereocenters. The topological polar surface area (TPSA) is 72.9 Å². The lowest BCUT2D eigenvalue weighted by molar-refractivity contribution is -0.121. The van der Waals surface area contributed by atoms with Gasteiger partial charge in [-0.25, -0.2) is 4.98 Å². The Morgan fingerprint density at radius 3 is 2.85 bits per heavy atom. The number of hydrogen-bond acceptors (Lipinski definition) is 3. The molecule has 5 nitrogen and oxygen atoms in total. The molecule has 0 aliphatic rings. The molecule has 20 heavy (non-hydrogen) atoms. The van der Waals surface area contributed by atoms with E-state index in [-0.39, 0.29) is 18.5 Å². The number of rotatable bonds is 6. The van der Waals surface area contributed by atoms with Gasteiger partial charge in [0.05, 0.1) is 18.1 Å². The quantitative estimate of drug-likeness (QED) is 0.831. The molecule has 0 spiro atoms. The second-order valence-electron chi connectivity index (χ2n) is 4.70. The van der Waals surface area contributed by atoms with Gasteiger partial charge < -0.3 is 15.6 Å². The largest absolute Gasteiger partial charge is 0.355 e. The molecule has 0 aliphatic carbocycles. The lowest BCUT2D eigenvalue weighted by Crippen LogP contribution is -2.28. The summed E-state index contributed by atoms with van der Waals surface area (Å²) < 4.78 is 1.80. The van der Waals surface area contributed by atoms with Crippen LogP contribution in [0.4, 0.5) is 0 Å². The zero-order valence-electron chi connectivity index (χ0n) is 11.6. The third kappa shape index (κ3) is 3.68. The summed E-state index contributed by atoms with van der Waals surface area (Å²) >= 11 is 0. The van der Waals surface area contributed by atoms with Gasteiger partial charge in [-0.3, -0.25) is 4.79 Å². The number of carbonyl (C=O) groups excluding carboxylic acids is 1. The summed E-state index contributed by atoms with van der Waals surface area (Å²) in [6.45, 7) is 2.78. The van der Waals surface area contributed by atoms with E-state index in [9.17, 15) is 4.79 Å². The van der Waals surface area contributed by atoms with Crippen LogP contribution in [0, 0.1) is 0 Å². The van der Waals surface area contributed by atoms with Gasteiger partial charge in [0.1, 0.15) is 6.54 Å². The second-order valence-corrected chi connectivity index (χ2v) is 4.70. The van der Waals surface area contributed by atoms with Crippen molar-refractivity contribution in [3.8, 4) is 0 Å². The van der Waals surface area contributed by atoms with Crippen LogP contribution in [-0.2, 0) is 17.8 Å². The molecular formula is C15H20N4O. The van der Waals surface area contributed by atoms with Crippen molar-refractivity contribution >= 4 is 5.91 Å². The number of nitrogens with zero attached hydrogens (tertiary/aromatic N) is 2. The zero-order valence-corrected chi connectivity index (χ0v) is 11.6. The highest BCUT2D eigenvalue weighted by atomic mass is 16.1. The highest BCUT2D eigenvalue weighted by molar-refractivity contribution is 5.75. The predicted molar refractivity (Wildman–Crippen MR) is 78.0 cm³/mol. The molecule has 1 amide bonds. The van der Waals surface area contributed by atoms with E-state index < -0.39 is 0 Å². The van der Waals surface area contributed by atoms with Crippen molar-refractivity contribution < 1.29 is 4.79 Å². The van der Waals surface area contributed by atoms with Crippen LogP contribution in [0.2, 0.25) is 0 Å². The molecule has 3 N–H and O–H groups in total. The Balaban J connectivity index is 2.05. The van der Waals surface area contributed by atoms with Gasteiger partial charge in [-0.05, 0) is 18.9 Å². The first-order valence-corrected chi connectivity index (χ1v) is 6.77. The van der Waals surface area contributed by atoms with Crippen LogP contribution in [0.15, 0.2) is 42.9 Å². The van der Waals surface area contributed by atoms with Crippen molar-refractivity contribution in [1.29, 1.82) is 0 Å².